The van der Waals surface area contributed by atoms with Crippen LogP contribution in [0.5, 0.6) is 0 Å². The monoisotopic (exact) mass is 380 g/mol. The molecular formula is C16H11BrClFN2O. The first-order valence-electron chi connectivity index (χ1n) is 6.52. The molecule has 1 unspecified atom stereocenters. The maximum absolute atomic E-state index is 14.2. The number of carbonyl (C=O) groups is 1. The zero-order chi connectivity index (χ0) is 15.9. The van der Waals surface area contributed by atoms with Gasteiger partial charge < -0.3 is 4.90 Å². The van der Waals surface area contributed by atoms with Gasteiger partial charge in [0.15, 0.2) is 0 Å². The number of aliphatic imine (C=N–C) groups is 1. The number of nitrogens with zero attached hydrogens (tertiary/aromatic N) is 2. The van der Waals surface area contributed by atoms with Gasteiger partial charge in [-0.25, -0.2) is 9.38 Å². The van der Waals surface area contributed by atoms with E-state index in [1.54, 1.807) is 43.4 Å². The number of rotatable bonds is 1. The molecule has 1 atom stereocenters. The topological polar surface area (TPSA) is 32.7 Å². The van der Waals surface area contributed by atoms with Gasteiger partial charge in [0.05, 0.1) is 11.4 Å². The van der Waals surface area contributed by atoms with Crippen molar-refractivity contribution in [3.8, 4) is 0 Å². The predicted molar refractivity (Wildman–Crippen MR) is 89.5 cm³/mol. The van der Waals surface area contributed by atoms with E-state index in [0.29, 0.717) is 27.5 Å². The fourth-order valence-electron chi connectivity index (χ4n) is 2.34. The predicted octanol–water partition coefficient (Wildman–Crippen LogP) is 4.21. The fraction of sp³-hybridized carbons (Fsp3) is 0.125. The van der Waals surface area contributed by atoms with Crippen molar-refractivity contribution in [3.05, 3.63) is 63.1 Å². The molecule has 22 heavy (non-hydrogen) atoms. The first kappa shape index (κ1) is 15.2. The van der Waals surface area contributed by atoms with Crippen LogP contribution in [0.2, 0.25) is 5.02 Å². The van der Waals surface area contributed by atoms with Gasteiger partial charge in [0.2, 0.25) is 0 Å². The Morgan fingerprint density at radius 3 is 2.59 bits per heavy atom. The highest BCUT2D eigenvalue weighted by Gasteiger charge is 2.29. The van der Waals surface area contributed by atoms with Gasteiger partial charge in [-0.2, -0.15) is 0 Å². The van der Waals surface area contributed by atoms with E-state index in [1.165, 1.54) is 4.90 Å². The number of benzene rings is 2. The van der Waals surface area contributed by atoms with Crippen LogP contribution >= 0.6 is 27.5 Å². The Bertz CT molecular complexity index is 776. The van der Waals surface area contributed by atoms with E-state index in [0.717, 1.165) is 4.47 Å². The van der Waals surface area contributed by atoms with Crippen LogP contribution in [-0.4, -0.2) is 25.0 Å². The highest BCUT2D eigenvalue weighted by Crippen LogP contribution is 2.30. The molecule has 0 saturated heterocycles. The molecule has 0 aliphatic carbocycles. The molecule has 0 aromatic heterocycles. The average Bonchev–Trinajstić information content (AvgIpc) is 2.59. The number of alkyl halides is 1. The third kappa shape index (κ3) is 2.66. The van der Waals surface area contributed by atoms with Crippen LogP contribution in [0.4, 0.5) is 10.1 Å². The summed E-state index contributed by atoms with van der Waals surface area (Å²) in [5.74, 6) is -0.687. The molecule has 2 aromatic rings. The molecule has 1 amide bonds. The van der Waals surface area contributed by atoms with E-state index in [4.69, 9.17) is 11.6 Å². The molecular weight excluding hydrogens is 371 g/mol. The molecule has 1 aliphatic rings. The van der Waals surface area contributed by atoms with Gasteiger partial charge in [0.25, 0.3) is 12.2 Å². The van der Waals surface area contributed by atoms with Crippen molar-refractivity contribution in [2.75, 3.05) is 11.9 Å². The van der Waals surface area contributed by atoms with Crippen LogP contribution in [0.1, 0.15) is 11.1 Å². The first-order chi connectivity index (χ1) is 10.5. The van der Waals surface area contributed by atoms with Gasteiger partial charge in [0, 0.05) is 27.7 Å². The Kier molecular flexibility index (Phi) is 4.02. The number of carbonyl (C=O) groups excluding carboxylic acids is 1. The summed E-state index contributed by atoms with van der Waals surface area (Å²) >= 11 is 9.30. The smallest absolute Gasteiger partial charge is 0.284 e. The maximum atomic E-state index is 14.2. The van der Waals surface area contributed by atoms with E-state index in [2.05, 4.69) is 20.9 Å². The zero-order valence-corrected chi connectivity index (χ0v) is 13.9. The maximum Gasteiger partial charge on any atom is 0.284 e. The summed E-state index contributed by atoms with van der Waals surface area (Å²) in [6.45, 7) is 0. The molecule has 1 heterocycles. The van der Waals surface area contributed by atoms with Crippen LogP contribution in [0.15, 0.2) is 51.9 Å². The van der Waals surface area contributed by atoms with Crippen LogP contribution in [-0.2, 0) is 4.79 Å². The van der Waals surface area contributed by atoms with Gasteiger partial charge >= 0.3 is 0 Å². The highest BCUT2D eigenvalue weighted by molar-refractivity contribution is 9.10. The lowest BCUT2D eigenvalue weighted by atomic mass is 10.0. The number of amides is 1. The summed E-state index contributed by atoms with van der Waals surface area (Å²) < 4.78 is 15.0. The molecule has 0 bridgehead atoms. The van der Waals surface area contributed by atoms with E-state index >= 15 is 0 Å². The molecule has 3 rings (SSSR count). The number of hydrogen-bond donors (Lipinski definition) is 0. The second-order valence-corrected chi connectivity index (χ2v) is 6.23. The Balaban J connectivity index is 2.25. The number of benzodiazepines with no additional fused rings is 1. The van der Waals surface area contributed by atoms with Gasteiger partial charge in [-0.15, -0.1) is 0 Å². The molecule has 112 valence electrons. The van der Waals surface area contributed by atoms with Gasteiger partial charge in [0.1, 0.15) is 0 Å². The van der Waals surface area contributed by atoms with Crippen molar-refractivity contribution in [2.45, 2.75) is 6.30 Å². The molecule has 2 aromatic carbocycles. The van der Waals surface area contributed by atoms with E-state index in [1.807, 2.05) is 6.07 Å². The molecule has 6 heteroatoms. The minimum absolute atomic E-state index is 0.429. The fourth-order valence-corrected chi connectivity index (χ4v) is 2.83. The van der Waals surface area contributed by atoms with Gasteiger partial charge in [-0.05, 0) is 30.3 Å². The summed E-state index contributed by atoms with van der Waals surface area (Å²) in [6, 6.07) is 12.3. The van der Waals surface area contributed by atoms with Crippen LogP contribution in [0.25, 0.3) is 0 Å². The number of halogens is 3. The summed E-state index contributed by atoms with van der Waals surface area (Å²) in [4.78, 5) is 17.3. The van der Waals surface area contributed by atoms with Crippen molar-refractivity contribution in [2.24, 2.45) is 4.99 Å². The summed E-state index contributed by atoms with van der Waals surface area (Å²) in [6.07, 6.45) is -1.93. The normalized spacial score (nSPS) is 17.8. The SMILES string of the molecule is CN1C(=O)C(F)N=C(c2ccc(Cl)cc2)c2cc(Br)ccc21. The van der Waals surface area contributed by atoms with Crippen LogP contribution in [0, 0.1) is 0 Å². The van der Waals surface area contributed by atoms with Crippen molar-refractivity contribution >= 4 is 44.8 Å². The summed E-state index contributed by atoms with van der Waals surface area (Å²) in [5.41, 5.74) is 2.43. The third-order valence-electron chi connectivity index (χ3n) is 3.47. The second-order valence-electron chi connectivity index (χ2n) is 4.88. The Morgan fingerprint density at radius 1 is 1.23 bits per heavy atom. The lowest BCUT2D eigenvalue weighted by molar-refractivity contribution is -0.122. The number of hydrogen-bond acceptors (Lipinski definition) is 2. The zero-order valence-electron chi connectivity index (χ0n) is 11.6. The molecule has 0 saturated carbocycles. The first-order valence-corrected chi connectivity index (χ1v) is 7.70. The van der Waals surface area contributed by atoms with Crippen molar-refractivity contribution < 1.29 is 9.18 Å². The standard InChI is InChI=1S/C16H11BrClFN2O/c1-21-13-7-4-10(17)8-12(13)14(20-15(19)16(21)22)9-2-5-11(18)6-3-9/h2-8,15H,1H3. The molecule has 0 N–H and O–H groups in total. The van der Waals surface area contributed by atoms with Crippen LogP contribution in [0.3, 0.4) is 0 Å². The number of anilines is 1. The number of likely N-dealkylation sites (N-methyl/N-ethyl adjacent to an activating group) is 1. The minimum atomic E-state index is -1.93. The molecule has 0 spiro atoms. The van der Waals surface area contributed by atoms with Crippen LogP contribution < -0.4 is 4.90 Å². The third-order valence-corrected chi connectivity index (χ3v) is 4.21. The van der Waals surface area contributed by atoms with E-state index in [9.17, 15) is 9.18 Å². The molecule has 0 radical (unpaired) electrons. The number of fused-ring (bicyclic) bond motifs is 1. The minimum Gasteiger partial charge on any atom is -0.311 e. The quantitative estimate of drug-likeness (QED) is 0.681. The van der Waals surface area contributed by atoms with E-state index in [-0.39, 0.29) is 0 Å². The van der Waals surface area contributed by atoms with Crippen molar-refractivity contribution in [3.63, 3.8) is 0 Å². The Morgan fingerprint density at radius 2 is 1.91 bits per heavy atom. The highest BCUT2D eigenvalue weighted by atomic mass is 79.9. The molecule has 0 fully saturated rings. The largest absolute Gasteiger partial charge is 0.311 e. The summed E-state index contributed by atoms with van der Waals surface area (Å²) in [7, 11) is 1.54. The lowest BCUT2D eigenvalue weighted by Crippen LogP contribution is -2.32. The van der Waals surface area contributed by atoms with Gasteiger partial charge in [-0.3, -0.25) is 4.79 Å². The van der Waals surface area contributed by atoms with Crippen molar-refractivity contribution in [1.29, 1.82) is 0 Å². The Hall–Kier alpha value is -1.72. The molecule has 1 aliphatic heterocycles. The average molecular weight is 382 g/mol. The van der Waals surface area contributed by atoms with Gasteiger partial charge in [-0.1, -0.05) is 39.7 Å². The second kappa shape index (κ2) is 5.82. The lowest BCUT2D eigenvalue weighted by Gasteiger charge is -2.18. The van der Waals surface area contributed by atoms with Crippen molar-refractivity contribution in [1.82, 2.24) is 0 Å². The Labute approximate surface area is 140 Å². The van der Waals surface area contributed by atoms with E-state index < -0.39 is 12.2 Å². The summed E-state index contributed by atoms with van der Waals surface area (Å²) in [5, 5.41) is 0.581. The molecule has 3 nitrogen and oxygen atoms in total.